The number of hydrogen-bond donors (Lipinski definition) is 1. The Kier molecular flexibility index (Phi) is 4.37. The first-order valence-electron chi connectivity index (χ1n) is 8.06. The van der Waals surface area contributed by atoms with Crippen LogP contribution in [0.5, 0.6) is 5.75 Å². The zero-order valence-electron chi connectivity index (χ0n) is 13.8. The number of nitrogens with zero attached hydrogens (tertiary/aromatic N) is 1. The summed E-state index contributed by atoms with van der Waals surface area (Å²) in [7, 11) is 0. The predicted octanol–water partition coefficient (Wildman–Crippen LogP) is 3.76. The number of rotatable bonds is 4. The fraction of sp³-hybridized carbons (Fsp3) is 0.444. The number of aryl methyl sites for hydroxylation is 2. The van der Waals surface area contributed by atoms with E-state index in [2.05, 4.69) is 24.1 Å². The van der Waals surface area contributed by atoms with Gasteiger partial charge in [0.2, 0.25) is 5.76 Å². The molecule has 0 spiro atoms. The van der Waals surface area contributed by atoms with E-state index in [1.165, 1.54) is 0 Å². The van der Waals surface area contributed by atoms with Crippen LogP contribution < -0.4 is 10.1 Å². The lowest BCUT2D eigenvalue weighted by Gasteiger charge is -2.17. The third-order valence-corrected chi connectivity index (χ3v) is 3.80. The second-order valence-corrected chi connectivity index (χ2v) is 6.35. The van der Waals surface area contributed by atoms with E-state index in [0.717, 1.165) is 42.9 Å². The summed E-state index contributed by atoms with van der Waals surface area (Å²) in [4.78, 5) is 16.8. The van der Waals surface area contributed by atoms with Crippen LogP contribution in [0.2, 0.25) is 0 Å². The Balaban J connectivity index is 1.75. The van der Waals surface area contributed by atoms with E-state index in [1.54, 1.807) is 6.92 Å². The van der Waals surface area contributed by atoms with E-state index in [1.807, 2.05) is 18.2 Å². The summed E-state index contributed by atoms with van der Waals surface area (Å²) < 4.78 is 11.2. The van der Waals surface area contributed by atoms with Gasteiger partial charge in [-0.1, -0.05) is 13.8 Å². The van der Waals surface area contributed by atoms with Crippen molar-refractivity contribution in [3.05, 3.63) is 41.1 Å². The number of benzene rings is 1. The van der Waals surface area contributed by atoms with Gasteiger partial charge in [0, 0.05) is 12.1 Å². The Bertz CT molecular complexity index is 719. The molecule has 0 saturated carbocycles. The second kappa shape index (κ2) is 6.44. The fourth-order valence-electron chi connectivity index (χ4n) is 2.73. The van der Waals surface area contributed by atoms with E-state index in [0.29, 0.717) is 17.5 Å². The molecule has 2 aromatic rings. The summed E-state index contributed by atoms with van der Waals surface area (Å²) in [5, 5.41) is 2.89. The molecule has 0 radical (unpaired) electrons. The molecule has 23 heavy (non-hydrogen) atoms. The molecular formula is C18H22N2O3. The van der Waals surface area contributed by atoms with Gasteiger partial charge in [0.1, 0.15) is 5.75 Å². The van der Waals surface area contributed by atoms with E-state index < -0.39 is 0 Å². The molecule has 0 fully saturated rings. The number of carbonyl (C=O) groups is 1. The van der Waals surface area contributed by atoms with Crippen molar-refractivity contribution >= 4 is 11.6 Å². The number of fused-ring (bicyclic) bond motifs is 1. The molecule has 0 aliphatic carbocycles. The number of ether oxygens (including phenoxy) is 1. The Hall–Kier alpha value is -2.30. The van der Waals surface area contributed by atoms with E-state index in [4.69, 9.17) is 9.15 Å². The first-order chi connectivity index (χ1) is 11.0. The minimum atomic E-state index is -0.262. The van der Waals surface area contributed by atoms with Gasteiger partial charge in [0.05, 0.1) is 12.3 Å². The van der Waals surface area contributed by atoms with Crippen molar-refractivity contribution in [2.75, 3.05) is 11.9 Å². The fourth-order valence-corrected chi connectivity index (χ4v) is 2.73. The van der Waals surface area contributed by atoms with Gasteiger partial charge >= 0.3 is 0 Å². The predicted molar refractivity (Wildman–Crippen MR) is 88.0 cm³/mol. The van der Waals surface area contributed by atoms with Crippen LogP contribution in [-0.4, -0.2) is 17.5 Å². The molecule has 1 aromatic carbocycles. The van der Waals surface area contributed by atoms with Crippen LogP contribution in [0.3, 0.4) is 0 Å². The highest BCUT2D eigenvalue weighted by Crippen LogP contribution is 2.28. The maximum absolute atomic E-state index is 12.4. The maximum Gasteiger partial charge on any atom is 0.293 e. The highest BCUT2D eigenvalue weighted by Gasteiger charge is 2.19. The van der Waals surface area contributed by atoms with Crippen LogP contribution in [-0.2, 0) is 12.8 Å². The van der Waals surface area contributed by atoms with E-state index in [9.17, 15) is 4.79 Å². The average molecular weight is 314 g/mol. The number of hydrogen-bond acceptors (Lipinski definition) is 4. The molecule has 122 valence electrons. The van der Waals surface area contributed by atoms with Crippen LogP contribution in [0.4, 0.5) is 5.69 Å². The lowest BCUT2D eigenvalue weighted by Crippen LogP contribution is -2.14. The lowest BCUT2D eigenvalue weighted by atomic mass is 10.1. The highest BCUT2D eigenvalue weighted by atomic mass is 16.5. The van der Waals surface area contributed by atoms with Crippen molar-refractivity contribution < 1.29 is 13.9 Å². The number of amides is 1. The summed E-state index contributed by atoms with van der Waals surface area (Å²) in [6, 6.07) is 5.72. The smallest absolute Gasteiger partial charge is 0.293 e. The third-order valence-electron chi connectivity index (χ3n) is 3.80. The molecule has 0 unspecified atom stereocenters. The van der Waals surface area contributed by atoms with Gasteiger partial charge in [-0.05, 0) is 49.4 Å². The number of carbonyl (C=O) groups excluding carboxylic acids is 1. The topological polar surface area (TPSA) is 64.4 Å². The maximum atomic E-state index is 12.4. The zero-order valence-corrected chi connectivity index (χ0v) is 13.8. The minimum Gasteiger partial charge on any atom is -0.493 e. The molecule has 2 heterocycles. The van der Waals surface area contributed by atoms with Crippen molar-refractivity contribution in [2.45, 2.75) is 40.0 Å². The summed E-state index contributed by atoms with van der Waals surface area (Å²) in [6.07, 6.45) is 2.70. The summed E-state index contributed by atoms with van der Waals surface area (Å²) in [5.74, 6) is 1.98. The Morgan fingerprint density at radius 1 is 1.39 bits per heavy atom. The Morgan fingerprint density at radius 3 is 3.00 bits per heavy atom. The van der Waals surface area contributed by atoms with Crippen LogP contribution in [0.15, 0.2) is 22.6 Å². The van der Waals surface area contributed by atoms with Crippen LogP contribution in [0, 0.1) is 12.8 Å². The van der Waals surface area contributed by atoms with Crippen LogP contribution in [0.25, 0.3) is 0 Å². The third kappa shape index (κ3) is 3.55. The second-order valence-electron chi connectivity index (χ2n) is 6.35. The van der Waals surface area contributed by atoms with E-state index >= 15 is 0 Å². The number of oxazole rings is 1. The van der Waals surface area contributed by atoms with E-state index in [-0.39, 0.29) is 11.7 Å². The molecule has 3 rings (SSSR count). The SMILES string of the molecule is Cc1nc(CC(C)C)oc1C(=O)Nc1ccc2c(c1)CCCO2. The highest BCUT2D eigenvalue weighted by molar-refractivity contribution is 6.03. The van der Waals surface area contributed by atoms with Gasteiger partial charge in [-0.25, -0.2) is 4.98 Å². The van der Waals surface area contributed by atoms with Gasteiger partial charge in [0.15, 0.2) is 5.89 Å². The monoisotopic (exact) mass is 314 g/mol. The minimum absolute atomic E-state index is 0.262. The number of nitrogens with one attached hydrogen (secondary N) is 1. The lowest BCUT2D eigenvalue weighted by molar-refractivity contribution is 0.0993. The molecule has 5 heteroatoms. The first kappa shape index (κ1) is 15.6. The van der Waals surface area contributed by atoms with Crippen LogP contribution >= 0.6 is 0 Å². The van der Waals surface area contributed by atoms with Crippen molar-refractivity contribution in [3.63, 3.8) is 0 Å². The van der Waals surface area contributed by atoms with Gasteiger partial charge < -0.3 is 14.5 Å². The summed E-state index contributed by atoms with van der Waals surface area (Å²) in [6.45, 7) is 6.74. The standard InChI is InChI=1S/C18H22N2O3/c1-11(2)9-16-19-12(3)17(23-16)18(21)20-14-6-7-15-13(10-14)5-4-8-22-15/h6-7,10-11H,4-5,8-9H2,1-3H3,(H,20,21). The first-order valence-corrected chi connectivity index (χ1v) is 8.06. The molecule has 5 nitrogen and oxygen atoms in total. The number of aromatic nitrogens is 1. The Labute approximate surface area is 136 Å². The van der Waals surface area contributed by atoms with Gasteiger partial charge in [-0.15, -0.1) is 0 Å². The van der Waals surface area contributed by atoms with Gasteiger partial charge in [0.25, 0.3) is 5.91 Å². The molecule has 1 N–H and O–H groups in total. The van der Waals surface area contributed by atoms with Gasteiger partial charge in [-0.2, -0.15) is 0 Å². The molecular weight excluding hydrogens is 292 g/mol. The van der Waals surface area contributed by atoms with Crippen molar-refractivity contribution in [3.8, 4) is 5.75 Å². The normalized spacial score (nSPS) is 13.6. The summed E-state index contributed by atoms with van der Waals surface area (Å²) in [5.41, 5.74) is 2.50. The van der Waals surface area contributed by atoms with Crippen molar-refractivity contribution in [1.29, 1.82) is 0 Å². The largest absolute Gasteiger partial charge is 0.493 e. The molecule has 0 bridgehead atoms. The number of anilines is 1. The van der Waals surface area contributed by atoms with Crippen LogP contribution in [0.1, 0.15) is 48.0 Å². The Morgan fingerprint density at radius 2 is 2.22 bits per heavy atom. The van der Waals surface area contributed by atoms with Crippen molar-refractivity contribution in [1.82, 2.24) is 4.98 Å². The molecule has 1 amide bonds. The molecule has 0 saturated heterocycles. The average Bonchev–Trinajstić information content (AvgIpc) is 2.87. The van der Waals surface area contributed by atoms with Gasteiger partial charge in [-0.3, -0.25) is 4.79 Å². The van der Waals surface area contributed by atoms with Crippen molar-refractivity contribution in [2.24, 2.45) is 5.92 Å². The molecule has 1 aliphatic heterocycles. The molecule has 0 atom stereocenters. The summed E-state index contributed by atoms with van der Waals surface area (Å²) >= 11 is 0. The quantitative estimate of drug-likeness (QED) is 0.933. The zero-order chi connectivity index (χ0) is 16.4. The molecule has 1 aromatic heterocycles. The molecule has 1 aliphatic rings.